The van der Waals surface area contributed by atoms with E-state index in [-0.39, 0.29) is 27.3 Å². The number of carboxylic acid groups (broad SMARTS) is 2. The minimum Gasteiger partial charge on any atom is -0.479 e. The van der Waals surface area contributed by atoms with E-state index < -0.39 is 54.6 Å². The third-order valence-corrected chi connectivity index (χ3v) is 6.52. The molecule has 0 saturated carbocycles. The smallest absolute Gasteiger partial charge is 0.348 e. The summed E-state index contributed by atoms with van der Waals surface area (Å²) in [5, 5.41) is 42.7. The van der Waals surface area contributed by atoms with Crippen LogP contribution in [0.2, 0.25) is 5.28 Å². The van der Waals surface area contributed by atoms with Crippen molar-refractivity contribution in [2.24, 2.45) is 0 Å². The molecule has 1 saturated heterocycles. The number of aliphatic hydroxyl groups excluding tert-OH is 1. The number of rotatable bonds is 8. The van der Waals surface area contributed by atoms with Crippen LogP contribution in [0, 0.1) is 0 Å². The van der Waals surface area contributed by atoms with Gasteiger partial charge in [0.1, 0.15) is 23.3 Å². The molecule has 1 aliphatic heterocycles. The number of nitrogens with zero attached hydrogens (tertiary/aromatic N) is 5. The fraction of sp³-hybridized carbons (Fsp3) is 0.444. The quantitative estimate of drug-likeness (QED) is 0.193. The summed E-state index contributed by atoms with van der Waals surface area (Å²) >= 11 is 6.93. The number of hydrogen-bond acceptors (Lipinski definition) is 12. The number of carboxylic acids is 2. The van der Waals surface area contributed by atoms with Crippen LogP contribution in [0.4, 0.5) is 5.82 Å². The number of carbonyl (C=O) groups is 2. The maximum absolute atomic E-state index is 11.9. The fourth-order valence-corrected chi connectivity index (χ4v) is 4.43. The lowest BCUT2D eigenvalue weighted by atomic mass is 9.94. The highest BCUT2D eigenvalue weighted by Gasteiger charge is 2.56. The molecule has 3 aromatic heterocycles. The summed E-state index contributed by atoms with van der Waals surface area (Å²) in [6.07, 6.45) is -2.08. The number of ether oxygens (including phenoxy) is 2. The first-order valence-corrected chi connectivity index (χ1v) is 10.9. The van der Waals surface area contributed by atoms with Crippen molar-refractivity contribution in [3.05, 3.63) is 28.2 Å². The monoisotopic (exact) mass is 514 g/mol. The highest BCUT2D eigenvalue weighted by Crippen LogP contribution is 2.39. The van der Waals surface area contributed by atoms with Crippen LogP contribution in [0.5, 0.6) is 0 Å². The number of hydrogen-bond donors (Lipinski definition) is 5. The van der Waals surface area contributed by atoms with Crippen LogP contribution in [-0.2, 0) is 25.5 Å². The van der Waals surface area contributed by atoms with Gasteiger partial charge in [0, 0.05) is 11.6 Å². The van der Waals surface area contributed by atoms with Crippen molar-refractivity contribution < 1.29 is 39.5 Å². The number of nitrogen functional groups attached to an aromatic ring is 1. The Morgan fingerprint density at radius 1 is 1.35 bits per heavy atom. The molecule has 0 unspecified atom stereocenters. The van der Waals surface area contributed by atoms with Gasteiger partial charge in [-0.2, -0.15) is 9.97 Å². The number of nitrogens with two attached hydrogens (primary N) is 1. The molecule has 0 spiro atoms. The second kappa shape index (κ2) is 8.68. The minimum absolute atomic E-state index is 0.0113. The number of aliphatic carboxylic acids is 2. The van der Waals surface area contributed by atoms with Crippen molar-refractivity contribution in [1.29, 1.82) is 0 Å². The van der Waals surface area contributed by atoms with Gasteiger partial charge in [-0.3, -0.25) is 4.57 Å². The molecule has 0 aliphatic carbocycles. The summed E-state index contributed by atoms with van der Waals surface area (Å²) in [6.45, 7) is 0.556. The molecule has 0 aromatic carbocycles. The highest BCUT2D eigenvalue weighted by molar-refractivity contribution is 7.09. The van der Waals surface area contributed by atoms with Crippen LogP contribution in [0.1, 0.15) is 18.2 Å². The van der Waals surface area contributed by atoms with E-state index in [0.717, 1.165) is 11.3 Å². The second-order valence-corrected chi connectivity index (χ2v) is 9.06. The van der Waals surface area contributed by atoms with Crippen LogP contribution >= 0.6 is 22.9 Å². The number of fused-ring (bicyclic) bond motifs is 1. The Kier molecular flexibility index (Phi) is 6.17. The predicted molar refractivity (Wildman–Crippen MR) is 115 cm³/mol. The zero-order valence-corrected chi connectivity index (χ0v) is 19.0. The molecule has 3 aromatic rings. The number of thiazole rings is 1. The van der Waals surface area contributed by atoms with E-state index in [4.69, 9.17) is 26.8 Å². The van der Waals surface area contributed by atoms with Crippen LogP contribution in [0.3, 0.4) is 0 Å². The first-order chi connectivity index (χ1) is 16.0. The van der Waals surface area contributed by atoms with Gasteiger partial charge in [-0.25, -0.2) is 19.6 Å². The van der Waals surface area contributed by atoms with Crippen LogP contribution in [0.25, 0.3) is 11.2 Å². The molecular formula is C18H19ClN6O8S. The Balaban J connectivity index is 1.61. The average Bonchev–Trinajstić information content (AvgIpc) is 3.45. The van der Waals surface area contributed by atoms with Crippen molar-refractivity contribution >= 4 is 51.9 Å². The molecule has 1 fully saturated rings. The molecule has 4 rings (SSSR count). The highest BCUT2D eigenvalue weighted by atomic mass is 35.5. The molecule has 34 heavy (non-hydrogen) atoms. The molecule has 1 aliphatic rings. The van der Waals surface area contributed by atoms with Crippen LogP contribution in [-0.4, -0.2) is 86.9 Å². The lowest BCUT2D eigenvalue weighted by molar-refractivity contribution is -0.192. The molecule has 4 heterocycles. The average molecular weight is 515 g/mol. The van der Waals surface area contributed by atoms with Gasteiger partial charge in [0.05, 0.1) is 24.4 Å². The third-order valence-electron chi connectivity index (χ3n) is 5.58. The predicted octanol–water partition coefficient (Wildman–Crippen LogP) is -0.305. The summed E-state index contributed by atoms with van der Waals surface area (Å²) in [6, 6.07) is 0. The first kappa shape index (κ1) is 24.2. The van der Waals surface area contributed by atoms with Gasteiger partial charge in [-0.05, 0) is 18.5 Å². The molecule has 182 valence electrons. The van der Waals surface area contributed by atoms with E-state index in [9.17, 15) is 30.0 Å². The Labute approximate surface area is 199 Å². The molecule has 14 nitrogen and oxygen atoms in total. The van der Waals surface area contributed by atoms with E-state index >= 15 is 0 Å². The first-order valence-electron chi connectivity index (χ1n) is 9.68. The molecule has 16 heteroatoms. The van der Waals surface area contributed by atoms with Crippen LogP contribution in [0.15, 0.2) is 17.9 Å². The fourth-order valence-electron chi connectivity index (χ4n) is 3.57. The SMILES string of the molecule is C[C@@]1(O)[C@@H](COC(Cc2nccs2)(C(=O)O)C(=O)O)O[C@@H](n2cnc3c(N)nc(Cl)nc32)[C@@H]1O. The standard InChI is InChI=1S/C18H19ClN6O8S/c1-17(31)7(5-32-18(14(27)28,15(29)30)4-8-21-2-3-34-8)33-13(10(17)26)25-6-22-9-11(20)23-16(19)24-12(9)25/h2-3,6-7,10,13,26,31H,4-5H2,1H3,(H,27,28)(H,29,30)(H2,20,23,24)/t7-,10+,13-,17-/m1/s1. The van der Waals surface area contributed by atoms with Crippen molar-refractivity contribution in [2.75, 3.05) is 12.3 Å². The van der Waals surface area contributed by atoms with Gasteiger partial charge in [0.25, 0.3) is 5.60 Å². The maximum atomic E-state index is 11.9. The summed E-state index contributed by atoms with van der Waals surface area (Å²) in [5.74, 6) is -3.53. The van der Waals surface area contributed by atoms with Gasteiger partial charge in [-0.1, -0.05) is 0 Å². The van der Waals surface area contributed by atoms with Crippen molar-refractivity contribution in [1.82, 2.24) is 24.5 Å². The summed E-state index contributed by atoms with van der Waals surface area (Å²) in [7, 11) is 0. The van der Waals surface area contributed by atoms with Gasteiger partial charge < -0.3 is 35.6 Å². The molecule has 4 atom stereocenters. The van der Waals surface area contributed by atoms with Crippen molar-refractivity contribution in [2.45, 2.75) is 43.0 Å². The molecule has 0 radical (unpaired) electrons. The molecule has 6 N–H and O–H groups in total. The Hall–Kier alpha value is -2.95. The summed E-state index contributed by atoms with van der Waals surface area (Å²) in [5.41, 5.74) is 1.41. The van der Waals surface area contributed by atoms with E-state index in [1.807, 2.05) is 0 Å². The number of aliphatic hydroxyl groups is 2. The Bertz CT molecular complexity index is 1220. The van der Waals surface area contributed by atoms with Gasteiger partial charge in [0.2, 0.25) is 5.28 Å². The molecule has 0 bridgehead atoms. The Morgan fingerprint density at radius 3 is 2.68 bits per heavy atom. The van der Waals surface area contributed by atoms with Crippen LogP contribution < -0.4 is 5.73 Å². The third kappa shape index (κ3) is 3.95. The van der Waals surface area contributed by atoms with E-state index in [2.05, 4.69) is 19.9 Å². The van der Waals surface area contributed by atoms with Gasteiger partial charge in [0.15, 0.2) is 17.7 Å². The second-order valence-electron chi connectivity index (χ2n) is 7.74. The Morgan fingerprint density at radius 2 is 2.06 bits per heavy atom. The van der Waals surface area contributed by atoms with Crippen molar-refractivity contribution in [3.8, 4) is 0 Å². The number of anilines is 1. The zero-order valence-electron chi connectivity index (χ0n) is 17.4. The van der Waals surface area contributed by atoms with E-state index in [1.54, 1.807) is 5.38 Å². The molecule has 0 amide bonds. The summed E-state index contributed by atoms with van der Waals surface area (Å²) < 4.78 is 12.4. The lowest BCUT2D eigenvalue weighted by Gasteiger charge is -2.30. The molecular weight excluding hydrogens is 496 g/mol. The van der Waals surface area contributed by atoms with Gasteiger partial charge >= 0.3 is 11.9 Å². The van der Waals surface area contributed by atoms with E-state index in [1.165, 1.54) is 24.0 Å². The maximum Gasteiger partial charge on any atom is 0.348 e. The summed E-state index contributed by atoms with van der Waals surface area (Å²) in [4.78, 5) is 39.7. The number of halogens is 1. The van der Waals surface area contributed by atoms with Crippen molar-refractivity contribution in [3.63, 3.8) is 0 Å². The zero-order chi connectivity index (χ0) is 24.8. The van der Waals surface area contributed by atoms with E-state index in [0.29, 0.717) is 0 Å². The normalized spacial score (nSPS) is 25.1. The largest absolute Gasteiger partial charge is 0.479 e. The minimum atomic E-state index is -2.70. The number of aromatic nitrogens is 5. The van der Waals surface area contributed by atoms with Gasteiger partial charge in [-0.15, -0.1) is 11.3 Å². The number of imidazole rings is 1. The lowest BCUT2D eigenvalue weighted by Crippen LogP contribution is -2.54. The topological polar surface area (TPSA) is 216 Å².